The van der Waals surface area contributed by atoms with Crippen molar-refractivity contribution in [2.75, 3.05) is 24.2 Å². The van der Waals surface area contributed by atoms with Crippen LogP contribution in [-0.2, 0) is 0 Å². The largest absolute Gasteiger partial charge is 0.492 e. The van der Waals surface area contributed by atoms with Gasteiger partial charge >= 0.3 is 0 Å². The van der Waals surface area contributed by atoms with Crippen molar-refractivity contribution < 1.29 is 4.74 Å². The summed E-state index contributed by atoms with van der Waals surface area (Å²) in [6, 6.07) is 5.99. The van der Waals surface area contributed by atoms with Gasteiger partial charge in [-0.1, -0.05) is 6.42 Å². The Morgan fingerprint density at radius 2 is 2.21 bits per heavy atom. The van der Waals surface area contributed by atoms with Crippen LogP contribution in [0.1, 0.15) is 32.6 Å². The van der Waals surface area contributed by atoms with Gasteiger partial charge in [0.15, 0.2) is 0 Å². The number of nitrogens with two attached hydrogens (primary N) is 1. The molecule has 2 bridgehead atoms. The predicted octanol–water partition coefficient (Wildman–Crippen LogP) is 3.52. The van der Waals surface area contributed by atoms with Gasteiger partial charge in [-0.05, 0) is 56.1 Å². The molecule has 1 aromatic carbocycles. The average molecular weight is 260 g/mol. The minimum Gasteiger partial charge on any atom is -0.492 e. The number of nitrogen functional groups attached to an aromatic ring is 1. The first-order valence-corrected chi connectivity index (χ1v) is 7.52. The molecule has 104 valence electrons. The van der Waals surface area contributed by atoms with E-state index in [1.807, 2.05) is 25.1 Å². The topological polar surface area (TPSA) is 47.3 Å². The summed E-state index contributed by atoms with van der Waals surface area (Å²) in [4.78, 5) is 0. The minimum absolute atomic E-state index is 0.653. The van der Waals surface area contributed by atoms with Gasteiger partial charge in [0.25, 0.3) is 0 Å². The smallest absolute Gasteiger partial charge is 0.144 e. The number of benzene rings is 1. The predicted molar refractivity (Wildman–Crippen MR) is 79.5 cm³/mol. The van der Waals surface area contributed by atoms with E-state index in [2.05, 4.69) is 5.32 Å². The fourth-order valence-corrected chi connectivity index (χ4v) is 3.80. The van der Waals surface area contributed by atoms with Gasteiger partial charge in [-0.3, -0.25) is 0 Å². The van der Waals surface area contributed by atoms with E-state index in [1.165, 1.54) is 25.7 Å². The van der Waals surface area contributed by atoms with Gasteiger partial charge in [0.1, 0.15) is 5.75 Å². The molecule has 3 unspecified atom stereocenters. The van der Waals surface area contributed by atoms with Gasteiger partial charge in [0.05, 0.1) is 12.3 Å². The molecule has 3 atom stereocenters. The van der Waals surface area contributed by atoms with Crippen LogP contribution in [0.4, 0.5) is 11.4 Å². The summed E-state index contributed by atoms with van der Waals surface area (Å²) >= 11 is 0. The number of fused-ring (bicyclic) bond motifs is 2. The molecule has 0 spiro atoms. The van der Waals surface area contributed by atoms with Crippen LogP contribution in [0, 0.1) is 17.8 Å². The number of ether oxygens (including phenoxy) is 1. The third kappa shape index (κ3) is 2.65. The molecule has 3 N–H and O–H groups in total. The van der Waals surface area contributed by atoms with Crippen LogP contribution in [0.5, 0.6) is 5.75 Å². The van der Waals surface area contributed by atoms with E-state index in [1.54, 1.807) is 0 Å². The molecule has 0 amide bonds. The van der Waals surface area contributed by atoms with Crippen LogP contribution in [0.15, 0.2) is 18.2 Å². The standard InChI is InChI=1S/C16H24N2O/c1-2-19-16-9-14(5-6-15(16)17)18-10-13-8-11-3-4-12(13)7-11/h5-6,9,11-13,18H,2-4,7-8,10,17H2,1H3. The zero-order valence-electron chi connectivity index (χ0n) is 11.7. The number of rotatable bonds is 5. The summed E-state index contributed by atoms with van der Waals surface area (Å²) < 4.78 is 5.53. The van der Waals surface area contributed by atoms with Crippen LogP contribution >= 0.6 is 0 Å². The summed E-state index contributed by atoms with van der Waals surface area (Å²) in [7, 11) is 0. The Kier molecular flexibility index (Phi) is 3.54. The Morgan fingerprint density at radius 3 is 2.89 bits per heavy atom. The fraction of sp³-hybridized carbons (Fsp3) is 0.625. The van der Waals surface area contributed by atoms with E-state index in [0.29, 0.717) is 12.3 Å². The molecule has 1 aromatic rings. The second-order valence-corrected chi connectivity index (χ2v) is 6.00. The molecule has 19 heavy (non-hydrogen) atoms. The Bertz CT molecular complexity index is 446. The first-order chi connectivity index (χ1) is 9.26. The quantitative estimate of drug-likeness (QED) is 0.796. The summed E-state index contributed by atoms with van der Waals surface area (Å²) in [5, 5.41) is 3.56. The molecule has 0 saturated heterocycles. The highest BCUT2D eigenvalue weighted by Crippen LogP contribution is 2.48. The van der Waals surface area contributed by atoms with Gasteiger partial charge in [0, 0.05) is 18.3 Å². The summed E-state index contributed by atoms with van der Waals surface area (Å²) in [6.07, 6.45) is 5.81. The van der Waals surface area contributed by atoms with E-state index in [-0.39, 0.29) is 0 Å². The van der Waals surface area contributed by atoms with E-state index in [0.717, 1.165) is 35.7 Å². The van der Waals surface area contributed by atoms with Crippen molar-refractivity contribution in [3.63, 3.8) is 0 Å². The molecule has 0 aliphatic heterocycles. The highest BCUT2D eigenvalue weighted by Gasteiger charge is 2.38. The van der Waals surface area contributed by atoms with E-state index in [4.69, 9.17) is 10.5 Å². The summed E-state index contributed by atoms with van der Waals surface area (Å²) in [5.41, 5.74) is 7.73. The fourth-order valence-electron chi connectivity index (χ4n) is 3.80. The Labute approximate surface area is 115 Å². The van der Waals surface area contributed by atoms with Crippen molar-refractivity contribution in [3.8, 4) is 5.75 Å². The molecule has 2 aliphatic carbocycles. The van der Waals surface area contributed by atoms with Gasteiger partial charge < -0.3 is 15.8 Å². The van der Waals surface area contributed by atoms with Gasteiger partial charge in [0.2, 0.25) is 0 Å². The van der Waals surface area contributed by atoms with Crippen molar-refractivity contribution in [2.24, 2.45) is 17.8 Å². The minimum atomic E-state index is 0.653. The molecular weight excluding hydrogens is 236 g/mol. The maximum atomic E-state index is 5.89. The van der Waals surface area contributed by atoms with Crippen molar-refractivity contribution >= 4 is 11.4 Å². The van der Waals surface area contributed by atoms with E-state index in [9.17, 15) is 0 Å². The lowest BCUT2D eigenvalue weighted by molar-refractivity contribution is 0.341. The third-order valence-electron chi connectivity index (χ3n) is 4.77. The van der Waals surface area contributed by atoms with Gasteiger partial charge in [-0.2, -0.15) is 0 Å². The maximum absolute atomic E-state index is 5.89. The van der Waals surface area contributed by atoms with Crippen molar-refractivity contribution in [2.45, 2.75) is 32.6 Å². The van der Waals surface area contributed by atoms with E-state index >= 15 is 0 Å². The Morgan fingerprint density at radius 1 is 1.32 bits per heavy atom. The second kappa shape index (κ2) is 5.32. The average Bonchev–Trinajstić information content (AvgIpc) is 3.02. The third-order valence-corrected chi connectivity index (χ3v) is 4.77. The van der Waals surface area contributed by atoms with Crippen LogP contribution in [0.25, 0.3) is 0 Å². The van der Waals surface area contributed by atoms with Gasteiger partial charge in [-0.15, -0.1) is 0 Å². The summed E-state index contributed by atoms with van der Waals surface area (Å²) in [5.74, 6) is 3.65. The monoisotopic (exact) mass is 260 g/mol. The first kappa shape index (κ1) is 12.6. The van der Waals surface area contributed by atoms with Crippen molar-refractivity contribution in [1.82, 2.24) is 0 Å². The zero-order valence-corrected chi connectivity index (χ0v) is 11.7. The molecule has 2 fully saturated rings. The molecule has 3 heteroatoms. The number of hydrogen-bond acceptors (Lipinski definition) is 3. The first-order valence-electron chi connectivity index (χ1n) is 7.52. The summed E-state index contributed by atoms with van der Waals surface area (Å²) in [6.45, 7) is 3.73. The Balaban J connectivity index is 1.59. The highest BCUT2D eigenvalue weighted by atomic mass is 16.5. The maximum Gasteiger partial charge on any atom is 0.144 e. The van der Waals surface area contributed by atoms with Crippen LogP contribution < -0.4 is 15.8 Å². The molecule has 0 radical (unpaired) electrons. The molecule has 3 rings (SSSR count). The number of hydrogen-bond donors (Lipinski definition) is 2. The van der Waals surface area contributed by atoms with Crippen molar-refractivity contribution in [3.05, 3.63) is 18.2 Å². The van der Waals surface area contributed by atoms with Crippen LogP contribution in [-0.4, -0.2) is 13.2 Å². The lowest BCUT2D eigenvalue weighted by atomic mass is 9.89. The molecule has 2 aliphatic rings. The van der Waals surface area contributed by atoms with E-state index < -0.39 is 0 Å². The van der Waals surface area contributed by atoms with Crippen LogP contribution in [0.2, 0.25) is 0 Å². The van der Waals surface area contributed by atoms with Gasteiger partial charge in [-0.25, -0.2) is 0 Å². The molecule has 3 nitrogen and oxygen atoms in total. The molecule has 2 saturated carbocycles. The SMILES string of the molecule is CCOc1cc(NCC2CC3CCC2C3)ccc1N. The molecule has 0 heterocycles. The number of anilines is 2. The second-order valence-electron chi connectivity index (χ2n) is 6.00. The lowest BCUT2D eigenvalue weighted by Gasteiger charge is -2.22. The van der Waals surface area contributed by atoms with Crippen molar-refractivity contribution in [1.29, 1.82) is 0 Å². The Hall–Kier alpha value is -1.38. The molecular formula is C16H24N2O. The number of nitrogens with one attached hydrogen (secondary N) is 1. The van der Waals surface area contributed by atoms with Crippen LogP contribution in [0.3, 0.4) is 0 Å². The molecule has 0 aromatic heterocycles. The normalized spacial score (nSPS) is 28.6. The zero-order chi connectivity index (χ0) is 13.2. The highest BCUT2D eigenvalue weighted by molar-refractivity contribution is 5.61. The lowest BCUT2D eigenvalue weighted by Crippen LogP contribution is -2.20.